The van der Waals surface area contributed by atoms with Gasteiger partial charge < -0.3 is 4.90 Å². The molecule has 0 N–H and O–H groups in total. The maximum atomic E-state index is 13.2. The minimum atomic E-state index is -0.103. The average Bonchev–Trinajstić information content (AvgIpc) is 2.91. The third kappa shape index (κ3) is 4.39. The lowest BCUT2D eigenvalue weighted by molar-refractivity contribution is 0.0900. The number of piperidine rings is 1. The van der Waals surface area contributed by atoms with Gasteiger partial charge in [0.05, 0.1) is 5.69 Å². The van der Waals surface area contributed by atoms with Crippen LogP contribution in [-0.2, 0) is 7.05 Å². The van der Waals surface area contributed by atoms with Crippen LogP contribution in [0.1, 0.15) is 23.2 Å². The number of nitrogens with zero attached hydrogens (tertiary/aromatic N) is 4. The van der Waals surface area contributed by atoms with Crippen molar-refractivity contribution in [1.29, 1.82) is 0 Å². The maximum Gasteiger partial charge on any atom is 0.255 e. The Morgan fingerprint density at radius 2 is 1.50 bits per heavy atom. The monoisotopic (exact) mass is 450 g/mol. The molecule has 1 saturated heterocycles. The highest BCUT2D eigenvalue weighted by atomic mass is 16.1. The van der Waals surface area contributed by atoms with E-state index >= 15 is 0 Å². The summed E-state index contributed by atoms with van der Waals surface area (Å²) >= 11 is 0. The third-order valence-corrected chi connectivity index (χ3v) is 6.51. The highest BCUT2D eigenvalue weighted by Gasteiger charge is 2.27. The van der Waals surface area contributed by atoms with Crippen LogP contribution in [-0.4, -0.2) is 33.4 Å². The van der Waals surface area contributed by atoms with E-state index in [1.807, 2.05) is 54.6 Å². The van der Waals surface area contributed by atoms with Gasteiger partial charge in [-0.3, -0.25) is 19.1 Å². The minimum absolute atomic E-state index is 0.0285. The Morgan fingerprint density at radius 1 is 0.853 bits per heavy atom. The van der Waals surface area contributed by atoms with E-state index in [1.54, 1.807) is 30.1 Å². The Kier molecular flexibility index (Phi) is 6.04. The molecular weight excluding hydrogens is 424 g/mol. The summed E-state index contributed by atoms with van der Waals surface area (Å²) in [5, 5.41) is 0. The van der Waals surface area contributed by atoms with Gasteiger partial charge in [-0.2, -0.15) is 0 Å². The van der Waals surface area contributed by atoms with Crippen molar-refractivity contribution in [2.45, 2.75) is 12.8 Å². The van der Waals surface area contributed by atoms with E-state index in [0.29, 0.717) is 24.7 Å². The molecule has 1 aliphatic rings. The molecule has 0 radical (unpaired) electrons. The lowest BCUT2D eigenvalue weighted by atomic mass is 9.88. The van der Waals surface area contributed by atoms with Gasteiger partial charge in [-0.05, 0) is 36.1 Å². The van der Waals surface area contributed by atoms with Crippen molar-refractivity contribution in [3.63, 3.8) is 0 Å². The first-order valence-electron chi connectivity index (χ1n) is 11.5. The fraction of sp³-hybridized carbons (Fsp3) is 0.214. The molecule has 1 aliphatic heterocycles. The molecule has 0 amide bonds. The molecule has 4 aromatic rings. The van der Waals surface area contributed by atoms with Crippen molar-refractivity contribution in [1.82, 2.24) is 14.5 Å². The molecule has 170 valence electrons. The van der Waals surface area contributed by atoms with Gasteiger partial charge in [0, 0.05) is 55.6 Å². The number of pyridine rings is 1. The van der Waals surface area contributed by atoms with Crippen LogP contribution in [0.3, 0.4) is 0 Å². The number of aromatic nitrogens is 3. The molecule has 2 aromatic carbocycles. The Morgan fingerprint density at radius 3 is 2.18 bits per heavy atom. The summed E-state index contributed by atoms with van der Waals surface area (Å²) in [4.78, 5) is 36.7. The SMILES string of the molecule is Cn1c(N2CCC(C(=O)c3ccc(-c4ccccc4)cc3)CC2)nc(-c2ccncc2)cc1=O. The van der Waals surface area contributed by atoms with Crippen molar-refractivity contribution in [2.24, 2.45) is 13.0 Å². The second-order valence-corrected chi connectivity index (χ2v) is 8.64. The van der Waals surface area contributed by atoms with Crippen molar-refractivity contribution in [3.8, 4) is 22.4 Å². The summed E-state index contributed by atoms with van der Waals surface area (Å²) in [6, 6.07) is 23.3. The predicted octanol–water partition coefficient (Wildman–Crippen LogP) is 4.61. The summed E-state index contributed by atoms with van der Waals surface area (Å²) in [6.07, 6.45) is 4.85. The Labute approximate surface area is 198 Å². The van der Waals surface area contributed by atoms with Crippen LogP contribution in [0.25, 0.3) is 22.4 Å². The van der Waals surface area contributed by atoms with Crippen LogP contribution in [0, 0.1) is 5.92 Å². The standard InChI is InChI=1S/C28H26N4O2/c1-31-26(33)19-25(22-11-15-29-16-12-22)30-28(31)32-17-13-24(14-18-32)27(34)23-9-7-21(8-10-23)20-5-3-2-4-6-20/h2-12,15-16,19,24H,13-14,17-18H2,1H3. The number of ketones is 1. The molecule has 2 aromatic heterocycles. The normalized spacial score (nSPS) is 14.2. The molecule has 0 unspecified atom stereocenters. The quantitative estimate of drug-likeness (QED) is 0.416. The molecule has 0 bridgehead atoms. The Balaban J connectivity index is 1.29. The molecule has 1 fully saturated rings. The largest absolute Gasteiger partial charge is 0.342 e. The van der Waals surface area contributed by atoms with E-state index in [2.05, 4.69) is 22.0 Å². The number of carbonyl (C=O) groups is 1. The molecule has 0 spiro atoms. The summed E-state index contributed by atoms with van der Waals surface area (Å²) < 4.78 is 1.58. The average molecular weight is 451 g/mol. The number of hydrogen-bond acceptors (Lipinski definition) is 5. The van der Waals surface area contributed by atoms with E-state index in [9.17, 15) is 9.59 Å². The van der Waals surface area contributed by atoms with Gasteiger partial charge in [-0.15, -0.1) is 0 Å². The van der Waals surface area contributed by atoms with Crippen LogP contribution in [0.15, 0.2) is 90.0 Å². The zero-order valence-corrected chi connectivity index (χ0v) is 19.1. The van der Waals surface area contributed by atoms with E-state index in [-0.39, 0.29) is 17.3 Å². The van der Waals surface area contributed by atoms with Crippen molar-refractivity contribution in [2.75, 3.05) is 18.0 Å². The fourth-order valence-electron chi connectivity index (χ4n) is 4.52. The summed E-state index contributed by atoms with van der Waals surface area (Å²) in [5.74, 6) is 0.795. The van der Waals surface area contributed by atoms with Crippen molar-refractivity contribution >= 4 is 11.7 Å². The van der Waals surface area contributed by atoms with Gasteiger partial charge in [0.2, 0.25) is 5.95 Å². The van der Waals surface area contributed by atoms with Gasteiger partial charge in [-0.25, -0.2) is 4.98 Å². The molecule has 5 rings (SSSR count). The summed E-state index contributed by atoms with van der Waals surface area (Å²) in [7, 11) is 1.74. The molecule has 6 nitrogen and oxygen atoms in total. The lowest BCUT2D eigenvalue weighted by Crippen LogP contribution is -2.39. The van der Waals surface area contributed by atoms with E-state index in [4.69, 9.17) is 4.98 Å². The second-order valence-electron chi connectivity index (χ2n) is 8.64. The first-order chi connectivity index (χ1) is 16.6. The minimum Gasteiger partial charge on any atom is -0.342 e. The predicted molar refractivity (Wildman–Crippen MR) is 134 cm³/mol. The van der Waals surface area contributed by atoms with E-state index in [1.165, 1.54) is 0 Å². The van der Waals surface area contributed by atoms with Crippen LogP contribution >= 0.6 is 0 Å². The molecule has 0 saturated carbocycles. The number of hydrogen-bond donors (Lipinski definition) is 0. The number of benzene rings is 2. The second kappa shape index (κ2) is 9.43. The van der Waals surface area contributed by atoms with Crippen LogP contribution in [0.4, 0.5) is 5.95 Å². The van der Waals surface area contributed by atoms with Gasteiger partial charge in [0.25, 0.3) is 5.56 Å². The van der Waals surface area contributed by atoms with Gasteiger partial charge in [0.1, 0.15) is 0 Å². The summed E-state index contributed by atoms with van der Waals surface area (Å²) in [5.41, 5.74) is 4.39. The Bertz CT molecular complexity index is 1340. The van der Waals surface area contributed by atoms with Gasteiger partial charge >= 0.3 is 0 Å². The zero-order valence-electron chi connectivity index (χ0n) is 19.1. The molecule has 3 heterocycles. The van der Waals surface area contributed by atoms with Crippen LogP contribution in [0.2, 0.25) is 0 Å². The molecule has 34 heavy (non-hydrogen) atoms. The topological polar surface area (TPSA) is 68.1 Å². The van der Waals surface area contributed by atoms with Gasteiger partial charge in [-0.1, -0.05) is 54.6 Å². The smallest absolute Gasteiger partial charge is 0.255 e. The number of anilines is 1. The first-order valence-corrected chi connectivity index (χ1v) is 11.5. The number of Topliss-reactive ketones (excluding diaryl/α,β-unsaturated/α-hetero) is 1. The first kappa shape index (κ1) is 21.8. The van der Waals surface area contributed by atoms with E-state index < -0.39 is 0 Å². The highest BCUT2D eigenvalue weighted by molar-refractivity contribution is 5.98. The van der Waals surface area contributed by atoms with E-state index in [0.717, 1.165) is 35.1 Å². The highest BCUT2D eigenvalue weighted by Crippen LogP contribution is 2.27. The Hall–Kier alpha value is -4.06. The van der Waals surface area contributed by atoms with Gasteiger partial charge in [0.15, 0.2) is 5.78 Å². The molecule has 6 heteroatoms. The third-order valence-electron chi connectivity index (χ3n) is 6.51. The van der Waals surface area contributed by atoms with Crippen LogP contribution in [0.5, 0.6) is 0 Å². The van der Waals surface area contributed by atoms with Crippen LogP contribution < -0.4 is 10.5 Å². The van der Waals surface area contributed by atoms with Crippen molar-refractivity contribution in [3.05, 3.63) is 101 Å². The summed E-state index contributed by atoms with van der Waals surface area (Å²) in [6.45, 7) is 1.36. The lowest BCUT2D eigenvalue weighted by Gasteiger charge is -2.33. The molecule has 0 atom stereocenters. The van der Waals surface area contributed by atoms with Crippen molar-refractivity contribution < 1.29 is 4.79 Å². The number of carbonyl (C=O) groups excluding carboxylic acids is 1. The fourth-order valence-corrected chi connectivity index (χ4v) is 4.52. The maximum absolute atomic E-state index is 13.2. The number of rotatable bonds is 5. The zero-order chi connectivity index (χ0) is 23.5. The molecule has 0 aliphatic carbocycles. The molecular formula is C28H26N4O2.